The fourth-order valence-electron chi connectivity index (χ4n) is 4.55. The van der Waals surface area contributed by atoms with Gasteiger partial charge in [-0.1, -0.05) is 23.7 Å². The van der Waals surface area contributed by atoms with Gasteiger partial charge in [-0.15, -0.1) is 0 Å². The van der Waals surface area contributed by atoms with Gasteiger partial charge in [0.2, 0.25) is 5.91 Å². The number of carbonyl (C=O) groups is 2. The summed E-state index contributed by atoms with van der Waals surface area (Å²) in [5, 5.41) is 0.786. The number of aryl methyl sites for hydroxylation is 1. The van der Waals surface area contributed by atoms with Gasteiger partial charge in [0.25, 0.3) is 0 Å². The summed E-state index contributed by atoms with van der Waals surface area (Å²) in [5.74, 6) is 0.450. The lowest BCUT2D eigenvalue weighted by molar-refractivity contribution is -0.118. The number of halogens is 1. The van der Waals surface area contributed by atoms with Crippen LogP contribution in [0.3, 0.4) is 0 Å². The van der Waals surface area contributed by atoms with E-state index in [2.05, 4.69) is 18.0 Å². The number of likely N-dealkylation sites (N-methyl/N-ethyl adjacent to an activating group) is 1. The van der Waals surface area contributed by atoms with Crippen LogP contribution < -0.4 is 4.90 Å². The highest BCUT2D eigenvalue weighted by Gasteiger charge is 2.31. The van der Waals surface area contributed by atoms with E-state index in [4.69, 9.17) is 11.6 Å². The first kappa shape index (κ1) is 21.1. The van der Waals surface area contributed by atoms with E-state index in [1.54, 1.807) is 0 Å². The van der Waals surface area contributed by atoms with Gasteiger partial charge in [-0.05, 0) is 86.7 Å². The second-order valence-electron chi connectivity index (χ2n) is 8.50. The molecule has 0 atom stereocenters. The molecule has 30 heavy (non-hydrogen) atoms. The SMILES string of the molecule is CN(CCCCC(=O)c1cc2c3c(c1)CCN3C(=O)CC2)CCc1cccc(Cl)c1. The van der Waals surface area contributed by atoms with Crippen LogP contribution >= 0.6 is 11.6 Å². The molecule has 0 spiro atoms. The predicted octanol–water partition coefficient (Wildman–Crippen LogP) is 4.70. The van der Waals surface area contributed by atoms with Crippen LogP contribution in [-0.2, 0) is 24.1 Å². The number of hydrogen-bond acceptors (Lipinski definition) is 3. The van der Waals surface area contributed by atoms with Crippen molar-refractivity contribution < 1.29 is 9.59 Å². The molecule has 0 unspecified atom stereocenters. The second kappa shape index (κ2) is 9.32. The average Bonchev–Trinajstić information content (AvgIpc) is 3.17. The molecule has 0 saturated heterocycles. The number of benzene rings is 2. The first-order chi connectivity index (χ1) is 14.5. The Balaban J connectivity index is 1.23. The van der Waals surface area contributed by atoms with Crippen LogP contribution in [-0.4, -0.2) is 43.3 Å². The third kappa shape index (κ3) is 4.76. The number of nitrogens with zero attached hydrogens (tertiary/aromatic N) is 2. The Kier molecular flexibility index (Phi) is 6.55. The van der Waals surface area contributed by atoms with E-state index in [0.717, 1.165) is 68.0 Å². The van der Waals surface area contributed by atoms with Crippen molar-refractivity contribution in [1.29, 1.82) is 0 Å². The molecule has 2 aliphatic heterocycles. The van der Waals surface area contributed by atoms with Crippen molar-refractivity contribution >= 4 is 29.0 Å². The molecule has 0 aliphatic carbocycles. The van der Waals surface area contributed by atoms with Gasteiger partial charge in [0.05, 0.1) is 5.69 Å². The van der Waals surface area contributed by atoms with E-state index < -0.39 is 0 Å². The van der Waals surface area contributed by atoms with Crippen LogP contribution in [0.25, 0.3) is 0 Å². The van der Waals surface area contributed by atoms with E-state index in [0.29, 0.717) is 12.8 Å². The predicted molar refractivity (Wildman–Crippen MR) is 122 cm³/mol. The molecule has 0 radical (unpaired) electrons. The van der Waals surface area contributed by atoms with Crippen molar-refractivity contribution in [2.75, 3.05) is 31.6 Å². The lowest BCUT2D eigenvalue weighted by Gasteiger charge is -2.25. The van der Waals surface area contributed by atoms with Gasteiger partial charge >= 0.3 is 0 Å². The minimum atomic E-state index is 0.222. The molecule has 158 valence electrons. The van der Waals surface area contributed by atoms with E-state index in [1.165, 1.54) is 16.7 Å². The molecule has 2 heterocycles. The number of hydrogen-bond donors (Lipinski definition) is 0. The summed E-state index contributed by atoms with van der Waals surface area (Å²) in [6.07, 6.45) is 5.67. The molecular formula is C25H29ClN2O2. The maximum Gasteiger partial charge on any atom is 0.227 e. The first-order valence-electron chi connectivity index (χ1n) is 10.9. The number of amides is 1. The molecule has 5 heteroatoms. The van der Waals surface area contributed by atoms with E-state index in [-0.39, 0.29) is 11.7 Å². The average molecular weight is 425 g/mol. The Morgan fingerprint density at radius 2 is 1.87 bits per heavy atom. The molecular weight excluding hydrogens is 396 g/mol. The van der Waals surface area contributed by atoms with Gasteiger partial charge < -0.3 is 9.80 Å². The molecule has 0 aromatic heterocycles. The summed E-state index contributed by atoms with van der Waals surface area (Å²) in [6.45, 7) is 2.73. The Bertz CT molecular complexity index is 956. The summed E-state index contributed by atoms with van der Waals surface area (Å²) in [6, 6.07) is 12.1. The number of ketones is 1. The summed E-state index contributed by atoms with van der Waals surface area (Å²) < 4.78 is 0. The summed E-state index contributed by atoms with van der Waals surface area (Å²) in [5.41, 5.74) is 5.52. The third-order valence-corrected chi connectivity index (χ3v) is 6.47. The topological polar surface area (TPSA) is 40.6 Å². The van der Waals surface area contributed by atoms with Crippen molar-refractivity contribution in [2.24, 2.45) is 0 Å². The monoisotopic (exact) mass is 424 g/mol. The molecule has 0 bridgehead atoms. The maximum absolute atomic E-state index is 12.8. The van der Waals surface area contributed by atoms with Crippen molar-refractivity contribution in [3.05, 3.63) is 63.7 Å². The first-order valence-corrected chi connectivity index (χ1v) is 11.3. The largest absolute Gasteiger partial charge is 0.312 e. The summed E-state index contributed by atoms with van der Waals surface area (Å²) in [4.78, 5) is 29.0. The van der Waals surface area contributed by atoms with Crippen LogP contribution in [0.1, 0.15) is 52.7 Å². The van der Waals surface area contributed by atoms with Gasteiger partial charge in [0, 0.05) is 36.5 Å². The summed E-state index contributed by atoms with van der Waals surface area (Å²) >= 11 is 6.05. The zero-order chi connectivity index (χ0) is 21.1. The molecule has 4 nitrogen and oxygen atoms in total. The van der Waals surface area contributed by atoms with Crippen LogP contribution in [0.2, 0.25) is 5.02 Å². The van der Waals surface area contributed by atoms with Gasteiger partial charge in [0.1, 0.15) is 0 Å². The fraction of sp³-hybridized carbons (Fsp3) is 0.440. The van der Waals surface area contributed by atoms with Crippen molar-refractivity contribution in [1.82, 2.24) is 4.90 Å². The Labute approximate surface area is 183 Å². The second-order valence-corrected chi connectivity index (χ2v) is 8.94. The van der Waals surface area contributed by atoms with Gasteiger partial charge in [-0.2, -0.15) is 0 Å². The highest BCUT2D eigenvalue weighted by atomic mass is 35.5. The molecule has 0 fully saturated rings. The zero-order valence-corrected chi connectivity index (χ0v) is 18.4. The van der Waals surface area contributed by atoms with Crippen LogP contribution in [0.15, 0.2) is 36.4 Å². The third-order valence-electron chi connectivity index (χ3n) is 6.24. The molecule has 2 aliphatic rings. The number of unbranched alkanes of at least 4 members (excludes halogenated alkanes) is 1. The van der Waals surface area contributed by atoms with E-state index in [9.17, 15) is 9.59 Å². The maximum atomic E-state index is 12.8. The molecule has 1 amide bonds. The van der Waals surface area contributed by atoms with Crippen LogP contribution in [0, 0.1) is 0 Å². The quantitative estimate of drug-likeness (QED) is 0.432. The van der Waals surface area contributed by atoms with E-state index in [1.807, 2.05) is 35.2 Å². The Morgan fingerprint density at radius 1 is 1.07 bits per heavy atom. The van der Waals surface area contributed by atoms with Crippen LogP contribution in [0.5, 0.6) is 0 Å². The summed E-state index contributed by atoms with van der Waals surface area (Å²) in [7, 11) is 2.13. The molecule has 4 rings (SSSR count). The Morgan fingerprint density at radius 3 is 2.67 bits per heavy atom. The van der Waals surface area contributed by atoms with Crippen molar-refractivity contribution in [3.63, 3.8) is 0 Å². The van der Waals surface area contributed by atoms with Gasteiger partial charge in [0.15, 0.2) is 5.78 Å². The standard InChI is InChI=1S/C25H29ClN2O2/c1-27(13-10-18-5-4-6-22(26)15-18)12-3-2-7-23(29)21-16-19-8-9-24(30)28-14-11-20(17-21)25(19)28/h4-6,15-17H,2-3,7-14H2,1H3. The van der Waals surface area contributed by atoms with Crippen molar-refractivity contribution in [3.8, 4) is 0 Å². The number of anilines is 1. The zero-order valence-electron chi connectivity index (χ0n) is 17.6. The highest BCUT2D eigenvalue weighted by Crippen LogP contribution is 2.37. The van der Waals surface area contributed by atoms with Gasteiger partial charge in [-0.25, -0.2) is 0 Å². The minimum Gasteiger partial charge on any atom is -0.312 e. The Hall–Kier alpha value is -2.17. The van der Waals surface area contributed by atoms with Crippen molar-refractivity contribution in [2.45, 2.75) is 44.9 Å². The normalized spacial score (nSPS) is 15.0. The number of Topliss-reactive ketones (excluding diaryl/α,β-unsaturated/α-hetero) is 1. The fourth-order valence-corrected chi connectivity index (χ4v) is 4.77. The molecule has 0 N–H and O–H groups in total. The molecule has 0 saturated carbocycles. The lowest BCUT2D eigenvalue weighted by Crippen LogP contribution is -2.32. The molecule has 2 aromatic rings. The molecule has 2 aromatic carbocycles. The van der Waals surface area contributed by atoms with Gasteiger partial charge in [-0.3, -0.25) is 9.59 Å². The number of rotatable bonds is 9. The minimum absolute atomic E-state index is 0.222. The number of carbonyl (C=O) groups excluding carboxylic acids is 2. The van der Waals surface area contributed by atoms with Crippen LogP contribution in [0.4, 0.5) is 5.69 Å². The lowest BCUT2D eigenvalue weighted by atomic mass is 9.94. The highest BCUT2D eigenvalue weighted by molar-refractivity contribution is 6.30. The smallest absolute Gasteiger partial charge is 0.227 e. The van der Waals surface area contributed by atoms with E-state index >= 15 is 0 Å².